The van der Waals surface area contributed by atoms with Crippen molar-refractivity contribution in [3.63, 3.8) is 0 Å². The van der Waals surface area contributed by atoms with Crippen LogP contribution < -0.4 is 5.32 Å². The van der Waals surface area contributed by atoms with Crippen molar-refractivity contribution in [2.75, 3.05) is 32.1 Å². The highest BCUT2D eigenvalue weighted by Gasteiger charge is 2.28. The van der Waals surface area contributed by atoms with Gasteiger partial charge in [-0.05, 0) is 25.9 Å². The standard InChI is InChI=1S/C9H17NO4S/c11-15(12,7-8-5-13-6-8)14-9-1-3-10-4-2-9/h8-10H,1-7H2. The lowest BCUT2D eigenvalue weighted by atomic mass is 10.1. The van der Waals surface area contributed by atoms with Gasteiger partial charge in [0.25, 0.3) is 10.1 Å². The van der Waals surface area contributed by atoms with Crippen molar-refractivity contribution < 1.29 is 17.3 Å². The summed E-state index contributed by atoms with van der Waals surface area (Å²) in [6.45, 7) is 2.78. The minimum atomic E-state index is -3.35. The second-order valence-corrected chi connectivity index (χ2v) is 5.81. The van der Waals surface area contributed by atoms with E-state index in [0.717, 1.165) is 25.9 Å². The van der Waals surface area contributed by atoms with Gasteiger partial charge in [-0.25, -0.2) is 0 Å². The fraction of sp³-hybridized carbons (Fsp3) is 1.00. The number of piperidine rings is 1. The van der Waals surface area contributed by atoms with Crippen molar-refractivity contribution in [2.24, 2.45) is 5.92 Å². The summed E-state index contributed by atoms with van der Waals surface area (Å²) in [5, 5.41) is 3.17. The molecule has 0 aliphatic carbocycles. The molecule has 1 N–H and O–H groups in total. The van der Waals surface area contributed by atoms with Gasteiger partial charge in [0, 0.05) is 5.92 Å². The Morgan fingerprint density at radius 1 is 1.27 bits per heavy atom. The van der Waals surface area contributed by atoms with Crippen LogP contribution in [0, 0.1) is 5.92 Å². The first-order valence-electron chi connectivity index (χ1n) is 5.35. The van der Waals surface area contributed by atoms with Gasteiger partial charge in [-0.3, -0.25) is 4.18 Å². The van der Waals surface area contributed by atoms with Crippen molar-refractivity contribution in [3.8, 4) is 0 Å². The van der Waals surface area contributed by atoms with Gasteiger partial charge in [0.1, 0.15) is 0 Å². The maximum atomic E-state index is 11.6. The van der Waals surface area contributed by atoms with Gasteiger partial charge in [0.2, 0.25) is 0 Å². The molecule has 0 spiro atoms. The SMILES string of the molecule is O=S(=O)(CC1COC1)OC1CCNCC1. The molecule has 15 heavy (non-hydrogen) atoms. The summed E-state index contributed by atoms with van der Waals surface area (Å²) in [5.41, 5.74) is 0. The van der Waals surface area contributed by atoms with Crippen LogP contribution in [-0.2, 0) is 19.0 Å². The monoisotopic (exact) mass is 235 g/mol. The Hall–Kier alpha value is -0.170. The molecule has 2 heterocycles. The highest BCUT2D eigenvalue weighted by molar-refractivity contribution is 7.86. The van der Waals surface area contributed by atoms with E-state index >= 15 is 0 Å². The van der Waals surface area contributed by atoms with Crippen LogP contribution in [0.3, 0.4) is 0 Å². The second kappa shape index (κ2) is 4.78. The van der Waals surface area contributed by atoms with Crippen LogP contribution >= 0.6 is 0 Å². The summed E-state index contributed by atoms with van der Waals surface area (Å²) in [6, 6.07) is 0. The maximum Gasteiger partial charge on any atom is 0.268 e. The second-order valence-electron chi connectivity index (χ2n) is 4.17. The summed E-state index contributed by atoms with van der Waals surface area (Å²) in [6.07, 6.45) is 1.43. The molecule has 2 saturated heterocycles. The predicted octanol–water partition coefficient (Wildman–Crippen LogP) is -0.269. The normalized spacial score (nSPS) is 25.1. The molecule has 0 radical (unpaired) electrons. The molecule has 5 nitrogen and oxygen atoms in total. The first-order chi connectivity index (χ1) is 7.16. The summed E-state index contributed by atoms with van der Waals surface area (Å²) in [7, 11) is -3.35. The highest BCUT2D eigenvalue weighted by Crippen LogP contribution is 2.17. The molecule has 0 aromatic rings. The van der Waals surface area contributed by atoms with E-state index in [-0.39, 0.29) is 17.8 Å². The number of ether oxygens (including phenoxy) is 1. The molecule has 2 aliphatic heterocycles. The van der Waals surface area contributed by atoms with Crippen LogP contribution in [0.15, 0.2) is 0 Å². The Bertz CT molecular complexity index is 293. The minimum Gasteiger partial charge on any atom is -0.381 e. The molecule has 88 valence electrons. The molecule has 2 aliphatic rings. The van der Waals surface area contributed by atoms with Crippen molar-refractivity contribution >= 4 is 10.1 Å². The lowest BCUT2D eigenvalue weighted by molar-refractivity contribution is -0.0217. The molecule has 0 aromatic heterocycles. The lowest BCUT2D eigenvalue weighted by Crippen LogP contribution is -2.38. The van der Waals surface area contributed by atoms with Crippen LogP contribution in [-0.4, -0.2) is 46.6 Å². The third kappa shape index (κ3) is 3.41. The Balaban J connectivity index is 1.80. The van der Waals surface area contributed by atoms with E-state index in [1.807, 2.05) is 0 Å². The molecule has 0 saturated carbocycles. The fourth-order valence-corrected chi connectivity index (χ4v) is 3.26. The number of nitrogens with one attached hydrogen (secondary N) is 1. The largest absolute Gasteiger partial charge is 0.381 e. The molecule has 2 rings (SSSR count). The summed E-state index contributed by atoms with van der Waals surface area (Å²) < 4.78 is 33.3. The predicted molar refractivity (Wildman–Crippen MR) is 55.1 cm³/mol. The van der Waals surface area contributed by atoms with E-state index in [4.69, 9.17) is 8.92 Å². The molecule has 0 aromatic carbocycles. The molecule has 2 fully saturated rings. The van der Waals surface area contributed by atoms with Crippen LogP contribution in [0.1, 0.15) is 12.8 Å². The number of hydrogen-bond acceptors (Lipinski definition) is 5. The van der Waals surface area contributed by atoms with Gasteiger partial charge in [0.15, 0.2) is 0 Å². The fourth-order valence-electron chi connectivity index (χ4n) is 1.81. The summed E-state index contributed by atoms with van der Waals surface area (Å²) in [4.78, 5) is 0. The minimum absolute atomic E-state index is 0.108. The first kappa shape index (κ1) is 11.3. The van der Waals surface area contributed by atoms with E-state index in [0.29, 0.717) is 13.2 Å². The smallest absolute Gasteiger partial charge is 0.268 e. The van der Waals surface area contributed by atoms with Gasteiger partial charge in [0.05, 0.1) is 25.1 Å². The van der Waals surface area contributed by atoms with Crippen LogP contribution in [0.25, 0.3) is 0 Å². The maximum absolute atomic E-state index is 11.6. The Morgan fingerprint density at radius 2 is 1.93 bits per heavy atom. The number of rotatable bonds is 4. The van der Waals surface area contributed by atoms with Gasteiger partial charge in [-0.2, -0.15) is 8.42 Å². The van der Waals surface area contributed by atoms with Gasteiger partial charge < -0.3 is 10.1 Å². The lowest BCUT2D eigenvalue weighted by Gasteiger charge is -2.27. The molecule has 0 unspecified atom stereocenters. The van der Waals surface area contributed by atoms with E-state index in [9.17, 15) is 8.42 Å². The Kier molecular flexibility index (Phi) is 3.60. The zero-order chi connectivity index (χ0) is 10.7. The Morgan fingerprint density at radius 3 is 2.47 bits per heavy atom. The first-order valence-corrected chi connectivity index (χ1v) is 6.93. The van der Waals surface area contributed by atoms with Crippen LogP contribution in [0.2, 0.25) is 0 Å². The molecule has 0 atom stereocenters. The molecular formula is C9H17NO4S. The molecular weight excluding hydrogens is 218 g/mol. The van der Waals surface area contributed by atoms with Crippen LogP contribution in [0.5, 0.6) is 0 Å². The van der Waals surface area contributed by atoms with E-state index in [1.54, 1.807) is 0 Å². The average Bonchev–Trinajstić information content (AvgIpc) is 2.13. The third-order valence-electron chi connectivity index (χ3n) is 2.72. The van der Waals surface area contributed by atoms with Crippen LogP contribution in [0.4, 0.5) is 0 Å². The van der Waals surface area contributed by atoms with Crippen molar-refractivity contribution in [1.82, 2.24) is 5.32 Å². The van der Waals surface area contributed by atoms with E-state index in [2.05, 4.69) is 5.32 Å². The molecule has 0 bridgehead atoms. The zero-order valence-electron chi connectivity index (χ0n) is 8.65. The van der Waals surface area contributed by atoms with Crippen molar-refractivity contribution in [3.05, 3.63) is 0 Å². The topological polar surface area (TPSA) is 64.6 Å². The van der Waals surface area contributed by atoms with E-state index < -0.39 is 10.1 Å². The summed E-state index contributed by atoms with van der Waals surface area (Å²) in [5.74, 6) is 0.244. The third-order valence-corrected chi connectivity index (χ3v) is 4.16. The van der Waals surface area contributed by atoms with Gasteiger partial charge in [-0.1, -0.05) is 0 Å². The highest BCUT2D eigenvalue weighted by atomic mass is 32.2. The summed E-state index contributed by atoms with van der Waals surface area (Å²) >= 11 is 0. The molecule has 6 heteroatoms. The van der Waals surface area contributed by atoms with Crippen molar-refractivity contribution in [1.29, 1.82) is 0 Å². The van der Waals surface area contributed by atoms with Crippen molar-refractivity contribution in [2.45, 2.75) is 18.9 Å². The van der Waals surface area contributed by atoms with E-state index in [1.165, 1.54) is 0 Å². The van der Waals surface area contributed by atoms with Gasteiger partial charge >= 0.3 is 0 Å². The Labute approximate surface area is 90.3 Å². The quantitative estimate of drug-likeness (QED) is 0.680. The molecule has 0 amide bonds. The zero-order valence-corrected chi connectivity index (χ0v) is 9.46. The number of hydrogen-bond donors (Lipinski definition) is 1. The average molecular weight is 235 g/mol. The van der Waals surface area contributed by atoms with Gasteiger partial charge in [-0.15, -0.1) is 0 Å².